The van der Waals surface area contributed by atoms with Gasteiger partial charge < -0.3 is 9.80 Å². The summed E-state index contributed by atoms with van der Waals surface area (Å²) in [7, 11) is 0. The normalized spacial score (nSPS) is 18.7. The summed E-state index contributed by atoms with van der Waals surface area (Å²) in [4.78, 5) is 16.9. The summed E-state index contributed by atoms with van der Waals surface area (Å²) in [5, 5.41) is 0.712. The van der Waals surface area contributed by atoms with Crippen LogP contribution in [-0.2, 0) is 17.6 Å². The van der Waals surface area contributed by atoms with E-state index >= 15 is 0 Å². The zero-order chi connectivity index (χ0) is 17.3. The van der Waals surface area contributed by atoms with E-state index in [1.807, 2.05) is 29.2 Å². The number of amides is 1. The van der Waals surface area contributed by atoms with Gasteiger partial charge >= 0.3 is 0 Å². The topological polar surface area (TPSA) is 23.6 Å². The van der Waals surface area contributed by atoms with Crippen molar-refractivity contribution >= 4 is 17.5 Å². The molecule has 2 aliphatic rings. The number of hydrogen-bond acceptors (Lipinski definition) is 2. The van der Waals surface area contributed by atoms with E-state index in [0.717, 1.165) is 44.7 Å². The van der Waals surface area contributed by atoms with Gasteiger partial charge in [-0.2, -0.15) is 0 Å². The molecule has 2 saturated heterocycles. The molecule has 0 unspecified atom stereocenters. The predicted octanol–water partition coefficient (Wildman–Crippen LogP) is 3.27. The molecule has 4 rings (SSSR count). The SMILES string of the molecule is O=C(Cc1ccc(Cl)cc1)N1CC2(CN(CCc3ccccc3)C2)C1. The Morgan fingerprint density at radius 1 is 0.920 bits per heavy atom. The summed E-state index contributed by atoms with van der Waals surface area (Å²) in [6.45, 7) is 5.21. The second kappa shape index (κ2) is 6.81. The summed E-state index contributed by atoms with van der Waals surface area (Å²) in [5.74, 6) is 0.232. The van der Waals surface area contributed by atoms with Crippen LogP contribution in [0.3, 0.4) is 0 Å². The summed E-state index contributed by atoms with van der Waals surface area (Å²) in [6.07, 6.45) is 1.58. The van der Waals surface area contributed by atoms with Crippen LogP contribution < -0.4 is 0 Å². The Balaban J connectivity index is 1.19. The molecule has 3 nitrogen and oxygen atoms in total. The van der Waals surface area contributed by atoms with E-state index in [1.165, 1.54) is 5.56 Å². The highest BCUT2D eigenvalue weighted by Gasteiger charge is 2.52. The summed E-state index contributed by atoms with van der Waals surface area (Å²) < 4.78 is 0. The fourth-order valence-corrected chi connectivity index (χ4v) is 4.15. The lowest BCUT2D eigenvalue weighted by Gasteiger charge is -2.60. The Morgan fingerprint density at radius 2 is 1.60 bits per heavy atom. The number of likely N-dealkylation sites (tertiary alicyclic amines) is 2. The van der Waals surface area contributed by atoms with Gasteiger partial charge in [0.05, 0.1) is 6.42 Å². The number of benzene rings is 2. The minimum atomic E-state index is 0.232. The number of carbonyl (C=O) groups is 1. The molecular weight excluding hydrogens is 332 g/mol. The Labute approximate surface area is 154 Å². The lowest BCUT2D eigenvalue weighted by molar-refractivity contribution is -0.158. The molecule has 0 bridgehead atoms. The quantitative estimate of drug-likeness (QED) is 0.822. The molecule has 130 valence electrons. The van der Waals surface area contributed by atoms with E-state index in [1.54, 1.807) is 0 Å². The molecule has 1 amide bonds. The number of halogens is 1. The van der Waals surface area contributed by atoms with Crippen LogP contribution in [0.2, 0.25) is 5.02 Å². The Morgan fingerprint density at radius 3 is 2.28 bits per heavy atom. The highest BCUT2D eigenvalue weighted by atomic mass is 35.5. The minimum absolute atomic E-state index is 0.232. The zero-order valence-electron chi connectivity index (χ0n) is 14.3. The first-order chi connectivity index (χ1) is 12.1. The van der Waals surface area contributed by atoms with E-state index in [9.17, 15) is 4.79 Å². The van der Waals surface area contributed by atoms with Crippen molar-refractivity contribution in [1.29, 1.82) is 0 Å². The number of hydrogen-bond donors (Lipinski definition) is 0. The fraction of sp³-hybridized carbons (Fsp3) is 0.381. The van der Waals surface area contributed by atoms with Gasteiger partial charge in [-0.3, -0.25) is 4.79 Å². The molecule has 0 saturated carbocycles. The second-order valence-corrected chi connectivity index (χ2v) is 7.94. The van der Waals surface area contributed by atoms with Gasteiger partial charge in [-0.1, -0.05) is 54.1 Å². The lowest BCUT2D eigenvalue weighted by Crippen LogP contribution is -2.73. The maximum Gasteiger partial charge on any atom is 0.227 e. The van der Waals surface area contributed by atoms with Crippen LogP contribution in [0.25, 0.3) is 0 Å². The van der Waals surface area contributed by atoms with Gasteiger partial charge in [0.25, 0.3) is 0 Å². The van der Waals surface area contributed by atoms with Gasteiger partial charge in [0, 0.05) is 43.2 Å². The first kappa shape index (κ1) is 16.6. The highest BCUT2D eigenvalue weighted by molar-refractivity contribution is 6.30. The number of rotatable bonds is 5. The van der Waals surface area contributed by atoms with Gasteiger partial charge in [0.15, 0.2) is 0 Å². The van der Waals surface area contributed by atoms with Crippen LogP contribution in [0.4, 0.5) is 0 Å². The monoisotopic (exact) mass is 354 g/mol. The maximum absolute atomic E-state index is 12.4. The van der Waals surface area contributed by atoms with E-state index in [0.29, 0.717) is 16.9 Å². The van der Waals surface area contributed by atoms with E-state index in [2.05, 4.69) is 35.2 Å². The number of nitrogens with zero attached hydrogens (tertiary/aromatic N) is 2. The summed E-state index contributed by atoms with van der Waals surface area (Å²) >= 11 is 5.89. The lowest BCUT2D eigenvalue weighted by atomic mass is 9.72. The van der Waals surface area contributed by atoms with Gasteiger partial charge in [0.2, 0.25) is 5.91 Å². The molecule has 0 N–H and O–H groups in total. The molecule has 0 aliphatic carbocycles. The molecule has 2 aromatic carbocycles. The second-order valence-electron chi connectivity index (χ2n) is 7.50. The zero-order valence-corrected chi connectivity index (χ0v) is 15.1. The Kier molecular flexibility index (Phi) is 4.53. The van der Waals surface area contributed by atoms with E-state index in [-0.39, 0.29) is 5.91 Å². The first-order valence-corrected chi connectivity index (χ1v) is 9.28. The average Bonchev–Trinajstić information content (AvgIpc) is 2.55. The molecule has 25 heavy (non-hydrogen) atoms. The van der Waals surface area contributed by atoms with Gasteiger partial charge in [-0.25, -0.2) is 0 Å². The van der Waals surface area contributed by atoms with Crippen molar-refractivity contribution in [3.05, 3.63) is 70.7 Å². The summed E-state index contributed by atoms with van der Waals surface area (Å²) in [5.41, 5.74) is 2.80. The van der Waals surface area contributed by atoms with Crippen molar-refractivity contribution < 1.29 is 4.79 Å². The van der Waals surface area contributed by atoms with Crippen molar-refractivity contribution in [2.45, 2.75) is 12.8 Å². The third kappa shape index (κ3) is 3.73. The summed E-state index contributed by atoms with van der Waals surface area (Å²) in [6, 6.07) is 18.2. The molecule has 2 heterocycles. The van der Waals surface area contributed by atoms with Crippen molar-refractivity contribution in [3.8, 4) is 0 Å². The Hall–Kier alpha value is -1.84. The molecule has 0 atom stereocenters. The van der Waals surface area contributed by atoms with Crippen LogP contribution >= 0.6 is 11.6 Å². The largest absolute Gasteiger partial charge is 0.341 e. The van der Waals surface area contributed by atoms with Crippen molar-refractivity contribution in [2.24, 2.45) is 5.41 Å². The van der Waals surface area contributed by atoms with Crippen LogP contribution in [0, 0.1) is 5.41 Å². The highest BCUT2D eigenvalue weighted by Crippen LogP contribution is 2.39. The molecular formula is C21H23ClN2O. The van der Waals surface area contributed by atoms with E-state index < -0.39 is 0 Å². The van der Waals surface area contributed by atoms with Crippen molar-refractivity contribution in [1.82, 2.24) is 9.80 Å². The molecule has 1 spiro atoms. The molecule has 4 heteroatoms. The average molecular weight is 355 g/mol. The van der Waals surface area contributed by atoms with Gasteiger partial charge in [0.1, 0.15) is 0 Å². The third-order valence-corrected chi connectivity index (χ3v) is 5.60. The molecule has 0 radical (unpaired) electrons. The molecule has 2 aromatic rings. The third-order valence-electron chi connectivity index (χ3n) is 5.35. The Bertz CT molecular complexity index is 730. The maximum atomic E-state index is 12.4. The minimum Gasteiger partial charge on any atom is -0.341 e. The number of carbonyl (C=O) groups excluding carboxylic acids is 1. The predicted molar refractivity (Wildman–Crippen MR) is 101 cm³/mol. The van der Waals surface area contributed by atoms with Crippen LogP contribution in [0.1, 0.15) is 11.1 Å². The van der Waals surface area contributed by atoms with Crippen LogP contribution in [0.15, 0.2) is 54.6 Å². The molecule has 2 fully saturated rings. The van der Waals surface area contributed by atoms with Crippen molar-refractivity contribution in [3.63, 3.8) is 0 Å². The standard InChI is InChI=1S/C21H23ClN2O/c22-19-8-6-18(7-9-19)12-20(25)24-15-21(16-24)13-23(14-21)11-10-17-4-2-1-3-5-17/h1-9H,10-16H2. The molecule has 0 aromatic heterocycles. The van der Waals surface area contributed by atoms with Crippen LogP contribution in [0.5, 0.6) is 0 Å². The smallest absolute Gasteiger partial charge is 0.227 e. The van der Waals surface area contributed by atoms with Gasteiger partial charge in [-0.05, 0) is 29.7 Å². The van der Waals surface area contributed by atoms with Crippen LogP contribution in [-0.4, -0.2) is 48.4 Å². The van der Waals surface area contributed by atoms with Crippen molar-refractivity contribution in [2.75, 3.05) is 32.7 Å². The molecule has 2 aliphatic heterocycles. The fourth-order valence-electron chi connectivity index (χ4n) is 4.02. The van der Waals surface area contributed by atoms with E-state index in [4.69, 9.17) is 11.6 Å². The van der Waals surface area contributed by atoms with Gasteiger partial charge in [-0.15, -0.1) is 0 Å². The first-order valence-electron chi connectivity index (χ1n) is 8.90.